The fourth-order valence-electron chi connectivity index (χ4n) is 4.09. The van der Waals surface area contributed by atoms with Gasteiger partial charge in [0.2, 0.25) is 0 Å². The molecular formula is C25H33ClF3NO2. The van der Waals surface area contributed by atoms with E-state index in [9.17, 15) is 13.2 Å². The van der Waals surface area contributed by atoms with Gasteiger partial charge in [0.1, 0.15) is 17.6 Å². The van der Waals surface area contributed by atoms with Crippen LogP contribution in [0.15, 0.2) is 42.5 Å². The summed E-state index contributed by atoms with van der Waals surface area (Å²) < 4.78 is 50.7. The first kappa shape index (κ1) is 26.3. The third kappa shape index (κ3) is 7.31. The maximum absolute atomic E-state index is 13.0. The molecule has 0 aromatic heterocycles. The van der Waals surface area contributed by atoms with Gasteiger partial charge in [-0.25, -0.2) is 0 Å². The second-order valence-corrected chi connectivity index (χ2v) is 8.21. The predicted molar refractivity (Wildman–Crippen MR) is 124 cm³/mol. The highest BCUT2D eigenvalue weighted by Gasteiger charge is 2.31. The quantitative estimate of drug-likeness (QED) is 0.364. The molecule has 0 saturated heterocycles. The van der Waals surface area contributed by atoms with Crippen LogP contribution in [0.25, 0.3) is 0 Å². The van der Waals surface area contributed by atoms with Gasteiger partial charge in [-0.05, 0) is 30.5 Å². The fourth-order valence-corrected chi connectivity index (χ4v) is 4.09. The summed E-state index contributed by atoms with van der Waals surface area (Å²) in [6.45, 7) is 2.57. The number of hydrogen-bond acceptors (Lipinski definition) is 3. The van der Waals surface area contributed by atoms with Gasteiger partial charge in [0.25, 0.3) is 0 Å². The Labute approximate surface area is 195 Å². The number of methoxy groups -OCH3 is 1. The molecule has 0 spiro atoms. The highest BCUT2D eigenvalue weighted by molar-refractivity contribution is 5.85. The highest BCUT2D eigenvalue weighted by Crippen LogP contribution is 2.39. The molecule has 7 heteroatoms. The zero-order valence-corrected chi connectivity index (χ0v) is 19.5. The van der Waals surface area contributed by atoms with Crippen molar-refractivity contribution in [2.75, 3.05) is 7.11 Å². The number of ether oxygens (including phenoxy) is 2. The Balaban J connectivity index is 0.00000363. The Morgan fingerprint density at radius 3 is 2.56 bits per heavy atom. The van der Waals surface area contributed by atoms with Crippen molar-refractivity contribution in [3.8, 4) is 11.5 Å². The fraction of sp³-hybridized carbons (Fsp3) is 0.520. The Kier molecular flexibility index (Phi) is 10.2. The van der Waals surface area contributed by atoms with Crippen LogP contribution in [0.3, 0.4) is 0 Å². The molecule has 0 amide bonds. The van der Waals surface area contributed by atoms with Crippen molar-refractivity contribution in [1.82, 2.24) is 5.32 Å². The topological polar surface area (TPSA) is 30.5 Å². The zero-order chi connectivity index (χ0) is 22.3. The van der Waals surface area contributed by atoms with Crippen LogP contribution in [0.4, 0.5) is 13.2 Å². The van der Waals surface area contributed by atoms with Gasteiger partial charge in [-0.3, -0.25) is 0 Å². The van der Waals surface area contributed by atoms with E-state index in [1.54, 1.807) is 13.2 Å². The van der Waals surface area contributed by atoms with E-state index in [1.165, 1.54) is 37.8 Å². The van der Waals surface area contributed by atoms with E-state index in [2.05, 4.69) is 12.2 Å². The van der Waals surface area contributed by atoms with Crippen molar-refractivity contribution >= 4 is 12.4 Å². The molecule has 0 bridgehead atoms. The lowest BCUT2D eigenvalue weighted by Gasteiger charge is -2.33. The predicted octanol–water partition coefficient (Wildman–Crippen LogP) is 7.48. The maximum atomic E-state index is 13.0. The van der Waals surface area contributed by atoms with Crippen molar-refractivity contribution in [2.24, 2.45) is 0 Å². The van der Waals surface area contributed by atoms with Crippen molar-refractivity contribution < 1.29 is 22.6 Å². The summed E-state index contributed by atoms with van der Waals surface area (Å²) in [6.07, 6.45) is 3.55. The van der Waals surface area contributed by atoms with Crippen molar-refractivity contribution in [2.45, 2.75) is 76.7 Å². The summed E-state index contributed by atoms with van der Waals surface area (Å²) in [5, 5.41) is 3.46. The molecule has 178 valence electrons. The summed E-state index contributed by atoms with van der Waals surface area (Å²) in [5.74, 6) is 1.53. The summed E-state index contributed by atoms with van der Waals surface area (Å²) in [7, 11) is 1.62. The lowest BCUT2D eigenvalue weighted by molar-refractivity contribution is -0.137. The van der Waals surface area contributed by atoms with E-state index in [4.69, 9.17) is 9.47 Å². The normalized spacial score (nSPS) is 17.8. The third-order valence-corrected chi connectivity index (χ3v) is 5.82. The first-order valence-electron chi connectivity index (χ1n) is 11.1. The van der Waals surface area contributed by atoms with Gasteiger partial charge in [0.05, 0.1) is 12.7 Å². The molecule has 1 N–H and O–H groups in total. The van der Waals surface area contributed by atoms with Crippen LogP contribution in [0.1, 0.15) is 74.6 Å². The number of fused-ring (bicyclic) bond motifs is 1. The van der Waals surface area contributed by atoms with E-state index in [-0.39, 0.29) is 24.6 Å². The second kappa shape index (κ2) is 12.4. The molecule has 2 aromatic carbocycles. The highest BCUT2D eigenvalue weighted by atomic mass is 35.5. The molecule has 1 aliphatic rings. The molecule has 0 saturated carbocycles. The van der Waals surface area contributed by atoms with E-state index in [0.717, 1.165) is 42.4 Å². The average Bonchev–Trinajstić information content (AvgIpc) is 2.76. The number of unbranched alkanes of at least 4 members (excludes halogenated alkanes) is 4. The monoisotopic (exact) mass is 471 g/mol. The van der Waals surface area contributed by atoms with Crippen LogP contribution in [-0.4, -0.2) is 13.2 Å². The Morgan fingerprint density at radius 1 is 1.06 bits per heavy atom. The first-order chi connectivity index (χ1) is 14.9. The third-order valence-electron chi connectivity index (χ3n) is 5.82. The molecule has 0 fully saturated rings. The lowest BCUT2D eigenvalue weighted by Crippen LogP contribution is -2.33. The number of rotatable bonds is 10. The molecule has 1 heterocycles. The molecule has 2 atom stereocenters. The molecule has 3 nitrogen and oxygen atoms in total. The van der Waals surface area contributed by atoms with Crippen LogP contribution in [0.5, 0.6) is 11.5 Å². The van der Waals surface area contributed by atoms with Gasteiger partial charge in [-0.2, -0.15) is 13.2 Å². The zero-order valence-electron chi connectivity index (χ0n) is 18.7. The summed E-state index contributed by atoms with van der Waals surface area (Å²) in [4.78, 5) is 0. The Bertz CT molecular complexity index is 844. The van der Waals surface area contributed by atoms with Crippen LogP contribution < -0.4 is 14.8 Å². The van der Waals surface area contributed by atoms with Gasteiger partial charge in [0, 0.05) is 30.6 Å². The molecule has 0 radical (unpaired) electrons. The van der Waals surface area contributed by atoms with Crippen LogP contribution in [0, 0.1) is 0 Å². The number of hydrogen-bond donors (Lipinski definition) is 1. The van der Waals surface area contributed by atoms with Gasteiger partial charge < -0.3 is 14.8 Å². The number of halogens is 4. The van der Waals surface area contributed by atoms with Gasteiger partial charge in [-0.15, -0.1) is 12.4 Å². The first-order valence-corrected chi connectivity index (χ1v) is 11.1. The lowest BCUT2D eigenvalue weighted by atomic mass is 9.93. The van der Waals surface area contributed by atoms with E-state index >= 15 is 0 Å². The largest absolute Gasteiger partial charge is 0.497 e. The number of benzene rings is 2. The van der Waals surface area contributed by atoms with Crippen LogP contribution in [0.2, 0.25) is 0 Å². The molecular weight excluding hydrogens is 439 g/mol. The minimum atomic E-state index is -4.33. The van der Waals surface area contributed by atoms with Gasteiger partial charge in [0.15, 0.2) is 0 Å². The Hall–Kier alpha value is -1.92. The van der Waals surface area contributed by atoms with E-state index in [0.29, 0.717) is 12.1 Å². The maximum Gasteiger partial charge on any atom is 0.416 e. The Morgan fingerprint density at radius 2 is 1.84 bits per heavy atom. The summed E-state index contributed by atoms with van der Waals surface area (Å²) in [6, 6.07) is 11.3. The van der Waals surface area contributed by atoms with Gasteiger partial charge in [-0.1, -0.05) is 56.9 Å². The SMILES string of the molecule is CCCCCCCC1CC(NCc2cccc(C(F)(F)F)c2)c2ccc(OC)cc2O1.Cl. The van der Waals surface area contributed by atoms with Crippen molar-refractivity contribution in [3.63, 3.8) is 0 Å². The van der Waals surface area contributed by atoms with E-state index in [1.807, 2.05) is 18.2 Å². The van der Waals surface area contributed by atoms with Crippen LogP contribution in [-0.2, 0) is 12.7 Å². The summed E-state index contributed by atoms with van der Waals surface area (Å²) in [5.41, 5.74) is 1.02. The van der Waals surface area contributed by atoms with Crippen molar-refractivity contribution in [1.29, 1.82) is 0 Å². The minimum absolute atomic E-state index is 0. The molecule has 0 aliphatic carbocycles. The minimum Gasteiger partial charge on any atom is -0.497 e. The van der Waals surface area contributed by atoms with Crippen molar-refractivity contribution in [3.05, 3.63) is 59.2 Å². The molecule has 1 aliphatic heterocycles. The number of nitrogens with one attached hydrogen (secondary N) is 1. The molecule has 2 unspecified atom stereocenters. The van der Waals surface area contributed by atoms with Gasteiger partial charge >= 0.3 is 6.18 Å². The van der Waals surface area contributed by atoms with E-state index < -0.39 is 11.7 Å². The van der Waals surface area contributed by atoms with Crippen LogP contribution >= 0.6 is 12.4 Å². The standard InChI is InChI=1S/C25H32F3NO2.ClH/c1-3-4-5-6-7-11-21-15-23(22-13-12-20(30-2)16-24(22)31-21)29-17-18-9-8-10-19(14-18)25(26,27)28;/h8-10,12-14,16,21,23,29H,3-7,11,15,17H2,1-2H3;1H. The smallest absolute Gasteiger partial charge is 0.416 e. The molecule has 3 rings (SSSR count). The number of alkyl halides is 3. The molecule has 2 aromatic rings. The second-order valence-electron chi connectivity index (χ2n) is 8.21. The molecule has 32 heavy (non-hydrogen) atoms. The summed E-state index contributed by atoms with van der Waals surface area (Å²) >= 11 is 0. The average molecular weight is 472 g/mol.